The third-order valence-corrected chi connectivity index (χ3v) is 7.85. The summed E-state index contributed by atoms with van der Waals surface area (Å²) >= 11 is 1.24. The lowest BCUT2D eigenvalue weighted by atomic mass is 10.3. The van der Waals surface area contributed by atoms with Crippen LogP contribution < -0.4 is 5.32 Å². The van der Waals surface area contributed by atoms with Crippen molar-refractivity contribution in [3.8, 4) is 0 Å². The van der Waals surface area contributed by atoms with Gasteiger partial charge in [0.25, 0.3) is 0 Å². The highest BCUT2D eigenvalue weighted by atomic mass is 32.2. The molecule has 3 heterocycles. The third-order valence-electron chi connectivity index (χ3n) is 5.02. The van der Waals surface area contributed by atoms with Crippen molar-refractivity contribution in [2.24, 2.45) is 0 Å². The Morgan fingerprint density at radius 3 is 2.73 bits per heavy atom. The zero-order valence-electron chi connectivity index (χ0n) is 15.9. The summed E-state index contributed by atoms with van der Waals surface area (Å²) in [5.41, 5.74) is 2.13. The minimum absolute atomic E-state index is 0.00499. The molecule has 2 aromatic carbocycles. The number of amides is 1. The molecule has 0 atom stereocenters. The lowest BCUT2D eigenvalue weighted by molar-refractivity contribution is -0.116. The van der Waals surface area contributed by atoms with Gasteiger partial charge in [-0.15, -0.1) is 5.10 Å². The molecular weight excluding hydrogens is 424 g/mol. The van der Waals surface area contributed by atoms with Crippen LogP contribution in [0.25, 0.3) is 21.3 Å². The van der Waals surface area contributed by atoms with Gasteiger partial charge in [-0.05, 0) is 43.2 Å². The van der Waals surface area contributed by atoms with Gasteiger partial charge in [0.05, 0.1) is 20.6 Å². The second kappa shape index (κ2) is 7.42. The predicted octanol–water partition coefficient (Wildman–Crippen LogP) is 2.46. The average Bonchev–Trinajstić information content (AvgIpc) is 3.47. The van der Waals surface area contributed by atoms with Crippen molar-refractivity contribution in [3.63, 3.8) is 0 Å². The van der Waals surface area contributed by atoms with E-state index in [0.29, 0.717) is 28.4 Å². The van der Waals surface area contributed by atoms with E-state index in [2.05, 4.69) is 20.6 Å². The number of carbonyl (C=O) groups is 1. The van der Waals surface area contributed by atoms with E-state index in [-0.39, 0.29) is 17.3 Å². The fraction of sp³-hybridized carbons (Fsp3) is 0.263. The molecule has 0 radical (unpaired) electrons. The molecule has 9 nitrogen and oxygen atoms in total. The largest absolute Gasteiger partial charge is 0.300 e. The summed E-state index contributed by atoms with van der Waals surface area (Å²) in [6.45, 7) is 1.12. The number of para-hydroxylation sites is 1. The summed E-state index contributed by atoms with van der Waals surface area (Å²) < 4.78 is 29.3. The van der Waals surface area contributed by atoms with E-state index in [1.807, 2.05) is 24.3 Å². The fourth-order valence-corrected chi connectivity index (χ4v) is 6.07. The van der Waals surface area contributed by atoms with Gasteiger partial charge in [0.15, 0.2) is 5.13 Å². The lowest BCUT2D eigenvalue weighted by Gasteiger charge is -2.15. The van der Waals surface area contributed by atoms with Gasteiger partial charge in [-0.1, -0.05) is 28.7 Å². The van der Waals surface area contributed by atoms with Crippen LogP contribution in [0.15, 0.2) is 47.4 Å². The maximum absolute atomic E-state index is 12.8. The molecule has 0 bridgehead atoms. The first-order valence-electron chi connectivity index (χ1n) is 9.49. The van der Waals surface area contributed by atoms with E-state index in [1.54, 1.807) is 18.2 Å². The molecule has 1 fully saturated rings. The topological polar surface area (TPSA) is 110 Å². The molecule has 1 N–H and O–H groups in total. The summed E-state index contributed by atoms with van der Waals surface area (Å²) in [6, 6.07) is 12.3. The Bertz CT molecular complexity index is 1360. The number of anilines is 1. The standard InChI is InChI=1S/C19H18N6O3S2/c26-18(12-25-16-6-2-1-5-14(16)22-23-25)21-19-20-15-8-7-13(11-17(15)29-19)30(27,28)24-9-3-4-10-24/h1-2,5-8,11H,3-4,9-10,12H2,(H,20,21,26). The van der Waals surface area contributed by atoms with E-state index >= 15 is 0 Å². The molecule has 4 aromatic rings. The fourth-order valence-electron chi connectivity index (χ4n) is 3.53. The zero-order chi connectivity index (χ0) is 20.7. The normalized spacial score (nSPS) is 15.2. The number of fused-ring (bicyclic) bond motifs is 2. The first-order valence-corrected chi connectivity index (χ1v) is 11.8. The summed E-state index contributed by atoms with van der Waals surface area (Å²) in [7, 11) is -3.49. The van der Waals surface area contributed by atoms with Crippen molar-refractivity contribution in [2.45, 2.75) is 24.3 Å². The van der Waals surface area contributed by atoms with Gasteiger partial charge in [0.2, 0.25) is 15.9 Å². The first-order chi connectivity index (χ1) is 14.5. The van der Waals surface area contributed by atoms with Crippen LogP contribution in [0.3, 0.4) is 0 Å². The maximum Gasteiger partial charge on any atom is 0.247 e. The number of rotatable bonds is 5. The van der Waals surface area contributed by atoms with E-state index in [0.717, 1.165) is 23.9 Å². The summed E-state index contributed by atoms with van der Waals surface area (Å²) in [6.07, 6.45) is 1.78. The summed E-state index contributed by atoms with van der Waals surface area (Å²) in [5.74, 6) is -0.283. The van der Waals surface area contributed by atoms with Crippen molar-refractivity contribution < 1.29 is 13.2 Å². The molecule has 0 spiro atoms. The molecule has 154 valence electrons. The Balaban J connectivity index is 1.35. The van der Waals surface area contributed by atoms with Crippen molar-refractivity contribution in [1.82, 2.24) is 24.3 Å². The molecular formula is C19H18N6O3S2. The highest BCUT2D eigenvalue weighted by Crippen LogP contribution is 2.30. The molecule has 0 unspecified atom stereocenters. The minimum atomic E-state index is -3.49. The number of hydrogen-bond donors (Lipinski definition) is 1. The van der Waals surface area contributed by atoms with Crippen molar-refractivity contribution in [2.75, 3.05) is 18.4 Å². The summed E-state index contributed by atoms with van der Waals surface area (Å²) in [5, 5.41) is 11.2. The van der Waals surface area contributed by atoms with Crippen LogP contribution in [-0.2, 0) is 21.4 Å². The third kappa shape index (κ3) is 3.44. The average molecular weight is 443 g/mol. The van der Waals surface area contributed by atoms with Gasteiger partial charge >= 0.3 is 0 Å². The molecule has 1 aliphatic heterocycles. The lowest BCUT2D eigenvalue weighted by Crippen LogP contribution is -2.27. The van der Waals surface area contributed by atoms with E-state index in [1.165, 1.54) is 20.3 Å². The van der Waals surface area contributed by atoms with Crippen LogP contribution >= 0.6 is 11.3 Å². The van der Waals surface area contributed by atoms with Gasteiger partial charge in [-0.3, -0.25) is 4.79 Å². The zero-order valence-corrected chi connectivity index (χ0v) is 17.5. The number of aromatic nitrogens is 4. The van der Waals surface area contributed by atoms with Crippen LogP contribution in [-0.4, -0.2) is 51.7 Å². The molecule has 0 saturated carbocycles. The molecule has 30 heavy (non-hydrogen) atoms. The van der Waals surface area contributed by atoms with Crippen LogP contribution in [0, 0.1) is 0 Å². The Morgan fingerprint density at radius 1 is 1.10 bits per heavy atom. The second-order valence-electron chi connectivity index (χ2n) is 7.04. The number of sulfonamides is 1. The number of nitrogens with one attached hydrogen (secondary N) is 1. The van der Waals surface area contributed by atoms with Gasteiger partial charge in [-0.2, -0.15) is 4.31 Å². The molecule has 5 rings (SSSR count). The van der Waals surface area contributed by atoms with Gasteiger partial charge in [0, 0.05) is 13.1 Å². The Kier molecular flexibility index (Phi) is 4.72. The minimum Gasteiger partial charge on any atom is -0.300 e. The number of thiazole rings is 1. The van der Waals surface area contributed by atoms with Gasteiger partial charge in [0.1, 0.15) is 12.1 Å². The number of benzene rings is 2. The van der Waals surface area contributed by atoms with Crippen LogP contribution in [0.2, 0.25) is 0 Å². The molecule has 1 aliphatic rings. The van der Waals surface area contributed by atoms with E-state index < -0.39 is 10.0 Å². The van der Waals surface area contributed by atoms with Crippen molar-refractivity contribution in [1.29, 1.82) is 0 Å². The van der Waals surface area contributed by atoms with Crippen LogP contribution in [0.1, 0.15) is 12.8 Å². The van der Waals surface area contributed by atoms with Crippen molar-refractivity contribution >= 4 is 53.6 Å². The molecule has 1 amide bonds. The number of carbonyl (C=O) groups excluding carboxylic acids is 1. The van der Waals surface area contributed by atoms with E-state index in [4.69, 9.17) is 0 Å². The highest BCUT2D eigenvalue weighted by molar-refractivity contribution is 7.89. The Morgan fingerprint density at radius 2 is 1.90 bits per heavy atom. The molecule has 1 saturated heterocycles. The van der Waals surface area contributed by atoms with Crippen LogP contribution in [0.4, 0.5) is 5.13 Å². The first kappa shape index (κ1) is 19.1. The van der Waals surface area contributed by atoms with Gasteiger partial charge in [-0.25, -0.2) is 18.1 Å². The quantitative estimate of drug-likeness (QED) is 0.508. The monoisotopic (exact) mass is 442 g/mol. The summed E-state index contributed by atoms with van der Waals surface area (Å²) in [4.78, 5) is 17.1. The highest BCUT2D eigenvalue weighted by Gasteiger charge is 2.27. The van der Waals surface area contributed by atoms with E-state index in [9.17, 15) is 13.2 Å². The smallest absolute Gasteiger partial charge is 0.247 e. The van der Waals surface area contributed by atoms with Crippen molar-refractivity contribution in [3.05, 3.63) is 42.5 Å². The second-order valence-corrected chi connectivity index (χ2v) is 10.0. The molecule has 11 heteroatoms. The number of hydrogen-bond acceptors (Lipinski definition) is 7. The maximum atomic E-state index is 12.8. The Labute approximate surface area is 176 Å². The predicted molar refractivity (Wildman–Crippen MR) is 114 cm³/mol. The molecule has 0 aliphatic carbocycles. The number of nitrogens with zero attached hydrogens (tertiary/aromatic N) is 5. The van der Waals surface area contributed by atoms with Crippen LogP contribution in [0.5, 0.6) is 0 Å². The molecule has 2 aromatic heterocycles. The Hall–Kier alpha value is -2.89. The SMILES string of the molecule is O=C(Cn1nnc2ccccc21)Nc1nc2ccc(S(=O)(=O)N3CCCC3)cc2s1. The van der Waals surface area contributed by atoms with Gasteiger partial charge < -0.3 is 5.32 Å².